The molecule has 0 aliphatic rings. The van der Waals surface area contributed by atoms with Crippen LogP contribution in [0.4, 0.5) is 18.9 Å². The highest BCUT2D eigenvalue weighted by atomic mass is 35.5. The van der Waals surface area contributed by atoms with Gasteiger partial charge in [-0.05, 0) is 48.2 Å². The number of thiophene rings is 1. The lowest BCUT2D eigenvalue weighted by atomic mass is 10.2. The van der Waals surface area contributed by atoms with Gasteiger partial charge in [0.05, 0.1) is 15.6 Å². The van der Waals surface area contributed by atoms with Gasteiger partial charge in [0.25, 0.3) is 5.91 Å². The highest BCUT2D eigenvalue weighted by Crippen LogP contribution is 2.29. The minimum Gasteiger partial charge on any atom is -0.487 e. The van der Waals surface area contributed by atoms with Crippen LogP contribution in [0.2, 0.25) is 5.02 Å². The molecule has 0 radical (unpaired) electrons. The first-order chi connectivity index (χ1) is 13.8. The van der Waals surface area contributed by atoms with E-state index in [-0.39, 0.29) is 12.3 Å². The summed E-state index contributed by atoms with van der Waals surface area (Å²) in [6.07, 6.45) is 0. The quantitative estimate of drug-likeness (QED) is 0.469. The van der Waals surface area contributed by atoms with Gasteiger partial charge in [-0.2, -0.15) is 8.78 Å². The molecule has 3 aromatic rings. The van der Waals surface area contributed by atoms with Crippen LogP contribution < -0.4 is 14.8 Å². The predicted octanol–water partition coefficient (Wildman–Crippen LogP) is 6.28. The summed E-state index contributed by atoms with van der Waals surface area (Å²) >= 11 is 7.25. The summed E-state index contributed by atoms with van der Waals surface area (Å²) in [7, 11) is 0. The second-order valence-corrected chi connectivity index (χ2v) is 7.33. The van der Waals surface area contributed by atoms with Gasteiger partial charge in [0, 0.05) is 11.6 Å². The molecule has 0 unspecified atom stereocenters. The van der Waals surface area contributed by atoms with E-state index in [2.05, 4.69) is 10.1 Å². The normalized spacial score (nSPS) is 10.8. The lowest BCUT2D eigenvalue weighted by Crippen LogP contribution is -2.13. The van der Waals surface area contributed by atoms with Crippen LogP contribution in [0.15, 0.2) is 47.8 Å². The van der Waals surface area contributed by atoms with Gasteiger partial charge in [0.1, 0.15) is 18.2 Å². The van der Waals surface area contributed by atoms with Crippen LogP contribution in [0, 0.1) is 12.7 Å². The van der Waals surface area contributed by atoms with Crippen LogP contribution in [-0.2, 0) is 6.61 Å². The molecule has 1 N–H and O–H groups in total. The van der Waals surface area contributed by atoms with E-state index >= 15 is 0 Å². The molecule has 0 aliphatic carbocycles. The van der Waals surface area contributed by atoms with Crippen LogP contribution in [0.25, 0.3) is 0 Å². The molecule has 2 aromatic carbocycles. The third-order valence-corrected chi connectivity index (χ3v) is 5.06. The number of hydrogen-bond donors (Lipinski definition) is 1. The standard InChI is InChI=1S/C20H15ClF3NO3S/c1-11-2-4-14(21)16(6-11)27-9-12-7-18(29-10-12)19(26)25-15-5-3-13(22)8-17(15)28-20(23)24/h2-8,10,20H,9H2,1H3,(H,25,26). The molecule has 152 valence electrons. The zero-order valence-electron chi connectivity index (χ0n) is 15.0. The Morgan fingerprint density at radius 1 is 1.17 bits per heavy atom. The molecule has 0 saturated carbocycles. The third kappa shape index (κ3) is 5.65. The second-order valence-electron chi connectivity index (χ2n) is 6.01. The number of anilines is 1. The van der Waals surface area contributed by atoms with Gasteiger partial charge in [-0.3, -0.25) is 4.79 Å². The zero-order chi connectivity index (χ0) is 21.0. The first-order valence-electron chi connectivity index (χ1n) is 8.34. The van der Waals surface area contributed by atoms with Crippen molar-refractivity contribution in [2.75, 3.05) is 5.32 Å². The Morgan fingerprint density at radius 3 is 2.72 bits per heavy atom. The number of halogens is 4. The Bertz CT molecular complexity index is 1030. The van der Waals surface area contributed by atoms with E-state index in [0.717, 1.165) is 40.7 Å². The van der Waals surface area contributed by atoms with Gasteiger partial charge in [0.2, 0.25) is 0 Å². The maximum atomic E-state index is 13.3. The minimum atomic E-state index is -3.15. The topological polar surface area (TPSA) is 47.6 Å². The Kier molecular flexibility index (Phi) is 6.66. The van der Waals surface area contributed by atoms with E-state index in [1.807, 2.05) is 13.0 Å². The van der Waals surface area contributed by atoms with Gasteiger partial charge in [-0.15, -0.1) is 11.3 Å². The fourth-order valence-corrected chi connectivity index (χ4v) is 3.39. The molecular formula is C20H15ClF3NO3S. The van der Waals surface area contributed by atoms with Crippen molar-refractivity contribution in [3.8, 4) is 11.5 Å². The Morgan fingerprint density at radius 2 is 1.97 bits per heavy atom. The van der Waals surface area contributed by atoms with Gasteiger partial charge in [-0.25, -0.2) is 4.39 Å². The minimum absolute atomic E-state index is 0.0607. The lowest BCUT2D eigenvalue weighted by Gasteiger charge is -2.11. The molecule has 29 heavy (non-hydrogen) atoms. The molecule has 0 aliphatic heterocycles. The number of nitrogens with one attached hydrogen (secondary N) is 1. The van der Waals surface area contributed by atoms with Crippen LogP contribution in [-0.4, -0.2) is 12.5 Å². The van der Waals surface area contributed by atoms with Crippen molar-refractivity contribution in [2.45, 2.75) is 20.1 Å². The molecule has 0 atom stereocenters. The highest BCUT2D eigenvalue weighted by Gasteiger charge is 2.16. The summed E-state index contributed by atoms with van der Waals surface area (Å²) in [6.45, 7) is -1.03. The largest absolute Gasteiger partial charge is 0.487 e. The van der Waals surface area contributed by atoms with E-state index in [1.54, 1.807) is 23.6 Å². The van der Waals surface area contributed by atoms with E-state index in [9.17, 15) is 18.0 Å². The molecule has 0 spiro atoms. The summed E-state index contributed by atoms with van der Waals surface area (Å²) in [5, 5.41) is 4.66. The summed E-state index contributed by atoms with van der Waals surface area (Å²) < 4.78 is 48.2. The van der Waals surface area contributed by atoms with Crippen LogP contribution in [0.3, 0.4) is 0 Å². The van der Waals surface area contributed by atoms with E-state index < -0.39 is 24.1 Å². The van der Waals surface area contributed by atoms with E-state index in [1.165, 1.54) is 0 Å². The Hall–Kier alpha value is -2.71. The number of aryl methyl sites for hydroxylation is 1. The molecule has 1 heterocycles. The fourth-order valence-electron chi connectivity index (χ4n) is 2.43. The predicted molar refractivity (Wildman–Crippen MR) is 106 cm³/mol. The highest BCUT2D eigenvalue weighted by molar-refractivity contribution is 7.12. The second kappa shape index (κ2) is 9.19. The van der Waals surface area contributed by atoms with Crippen molar-refractivity contribution in [2.24, 2.45) is 0 Å². The first-order valence-corrected chi connectivity index (χ1v) is 9.59. The van der Waals surface area contributed by atoms with Gasteiger partial charge in [-0.1, -0.05) is 17.7 Å². The molecule has 0 bridgehead atoms. The van der Waals surface area contributed by atoms with Crippen LogP contribution in [0.1, 0.15) is 20.8 Å². The molecule has 0 fully saturated rings. The molecular weight excluding hydrogens is 427 g/mol. The molecule has 1 aromatic heterocycles. The number of alkyl halides is 2. The summed E-state index contributed by atoms with van der Waals surface area (Å²) in [4.78, 5) is 12.7. The van der Waals surface area contributed by atoms with Crippen molar-refractivity contribution < 1.29 is 27.4 Å². The van der Waals surface area contributed by atoms with Crippen molar-refractivity contribution in [1.29, 1.82) is 0 Å². The summed E-state index contributed by atoms with van der Waals surface area (Å²) in [6, 6.07) is 9.99. The molecule has 1 amide bonds. The third-order valence-electron chi connectivity index (χ3n) is 3.77. The van der Waals surface area contributed by atoms with Gasteiger partial charge in [0.15, 0.2) is 5.75 Å². The van der Waals surface area contributed by atoms with Crippen molar-refractivity contribution in [3.05, 3.63) is 74.7 Å². The monoisotopic (exact) mass is 441 g/mol. The maximum absolute atomic E-state index is 13.3. The smallest absolute Gasteiger partial charge is 0.387 e. The Balaban J connectivity index is 1.67. The zero-order valence-corrected chi connectivity index (χ0v) is 16.6. The average molecular weight is 442 g/mol. The lowest BCUT2D eigenvalue weighted by molar-refractivity contribution is -0.0495. The number of rotatable bonds is 7. The number of benzene rings is 2. The SMILES string of the molecule is Cc1ccc(Cl)c(OCc2csc(C(=O)Nc3ccc(F)cc3OC(F)F)c2)c1. The number of ether oxygens (including phenoxy) is 2. The summed E-state index contributed by atoms with van der Waals surface area (Å²) in [5.74, 6) is -1.23. The number of hydrogen-bond acceptors (Lipinski definition) is 4. The first kappa shape index (κ1) is 21.0. The Labute approximate surface area is 173 Å². The fraction of sp³-hybridized carbons (Fsp3) is 0.150. The van der Waals surface area contributed by atoms with Crippen molar-refractivity contribution in [1.82, 2.24) is 0 Å². The van der Waals surface area contributed by atoms with Crippen LogP contribution in [0.5, 0.6) is 11.5 Å². The van der Waals surface area contributed by atoms with Crippen molar-refractivity contribution in [3.63, 3.8) is 0 Å². The summed E-state index contributed by atoms with van der Waals surface area (Å²) in [5.41, 5.74) is 1.67. The number of carbonyl (C=O) groups excluding carboxylic acids is 1. The van der Waals surface area contributed by atoms with Gasteiger partial charge < -0.3 is 14.8 Å². The molecule has 9 heteroatoms. The van der Waals surface area contributed by atoms with Gasteiger partial charge >= 0.3 is 6.61 Å². The number of carbonyl (C=O) groups is 1. The molecule has 0 saturated heterocycles. The number of amides is 1. The molecule has 3 rings (SSSR count). The van der Waals surface area contributed by atoms with Crippen molar-refractivity contribution >= 4 is 34.5 Å². The van der Waals surface area contributed by atoms with E-state index in [0.29, 0.717) is 15.6 Å². The maximum Gasteiger partial charge on any atom is 0.387 e. The average Bonchev–Trinajstić information content (AvgIpc) is 3.13. The molecule has 4 nitrogen and oxygen atoms in total. The van der Waals surface area contributed by atoms with Crippen LogP contribution >= 0.6 is 22.9 Å². The van der Waals surface area contributed by atoms with E-state index in [4.69, 9.17) is 16.3 Å².